The summed E-state index contributed by atoms with van der Waals surface area (Å²) in [5.41, 5.74) is 1.37. The second-order valence-corrected chi connectivity index (χ2v) is 6.88. The van der Waals surface area contributed by atoms with Gasteiger partial charge in [0, 0.05) is 11.8 Å². The van der Waals surface area contributed by atoms with Crippen LogP contribution in [0, 0.1) is 0 Å². The van der Waals surface area contributed by atoms with Crippen molar-refractivity contribution in [3.8, 4) is 0 Å². The quantitative estimate of drug-likeness (QED) is 0.892. The van der Waals surface area contributed by atoms with Gasteiger partial charge in [-0.25, -0.2) is 0 Å². The summed E-state index contributed by atoms with van der Waals surface area (Å²) in [6, 6.07) is 11.1. The molecule has 0 fully saturated rings. The zero-order chi connectivity index (χ0) is 12.8. The van der Waals surface area contributed by atoms with Crippen molar-refractivity contribution >= 4 is 28.7 Å². The second-order valence-electron chi connectivity index (χ2n) is 4.37. The molecule has 0 saturated heterocycles. The van der Waals surface area contributed by atoms with Gasteiger partial charge in [0.25, 0.3) is 0 Å². The van der Waals surface area contributed by atoms with Crippen LogP contribution in [0.1, 0.15) is 24.7 Å². The number of thioether (sulfide) groups is 2. The van der Waals surface area contributed by atoms with Crippen LogP contribution in [0.2, 0.25) is 0 Å². The average molecular weight is 280 g/mol. The van der Waals surface area contributed by atoms with E-state index < -0.39 is 0 Å². The van der Waals surface area contributed by atoms with Gasteiger partial charge in [0.15, 0.2) is 5.17 Å². The van der Waals surface area contributed by atoms with Gasteiger partial charge >= 0.3 is 0 Å². The molecule has 1 aliphatic rings. The Morgan fingerprint density at radius 3 is 2.94 bits per heavy atom. The van der Waals surface area contributed by atoms with E-state index in [-0.39, 0.29) is 0 Å². The standard InChI is InChI=1S/C14H20N2S2/c1-3-17-10-11(2)16-14-15-9-13(18-14)12-7-5-4-6-8-12/h4-8,11,13H,3,9-10H2,1-2H3,(H,15,16). The first kappa shape index (κ1) is 13.8. The third kappa shape index (κ3) is 3.95. The Morgan fingerprint density at radius 2 is 2.22 bits per heavy atom. The number of amidine groups is 1. The van der Waals surface area contributed by atoms with Gasteiger partial charge in [-0.1, -0.05) is 49.0 Å². The summed E-state index contributed by atoms with van der Waals surface area (Å²) >= 11 is 3.83. The summed E-state index contributed by atoms with van der Waals surface area (Å²) in [7, 11) is 0. The Balaban J connectivity index is 1.81. The Labute approximate surface area is 118 Å². The predicted molar refractivity (Wildman–Crippen MR) is 84.7 cm³/mol. The van der Waals surface area contributed by atoms with Crippen molar-refractivity contribution in [2.45, 2.75) is 25.1 Å². The SMILES string of the molecule is CCSCC(C)NC1=NCC(c2ccccc2)S1. The molecule has 1 heterocycles. The maximum atomic E-state index is 4.60. The third-order valence-corrected chi connectivity index (χ3v) is 5.09. The summed E-state index contributed by atoms with van der Waals surface area (Å²) in [6.45, 7) is 5.32. The molecule has 2 rings (SSSR count). The van der Waals surface area contributed by atoms with Crippen molar-refractivity contribution in [1.29, 1.82) is 0 Å². The van der Waals surface area contributed by atoms with Gasteiger partial charge < -0.3 is 5.32 Å². The van der Waals surface area contributed by atoms with Crippen LogP contribution >= 0.6 is 23.5 Å². The number of aliphatic imine (C=N–C) groups is 1. The van der Waals surface area contributed by atoms with Crippen molar-refractivity contribution < 1.29 is 0 Å². The molecular weight excluding hydrogens is 260 g/mol. The molecule has 0 amide bonds. The van der Waals surface area contributed by atoms with Crippen LogP contribution in [-0.2, 0) is 0 Å². The first-order chi connectivity index (χ1) is 8.79. The first-order valence-corrected chi connectivity index (χ1v) is 8.43. The lowest BCUT2D eigenvalue weighted by atomic mass is 10.1. The molecule has 4 heteroatoms. The maximum Gasteiger partial charge on any atom is 0.157 e. The van der Waals surface area contributed by atoms with Crippen LogP contribution in [0.3, 0.4) is 0 Å². The van der Waals surface area contributed by atoms with E-state index in [1.165, 1.54) is 11.3 Å². The molecule has 1 aromatic carbocycles. The third-order valence-electron chi connectivity index (χ3n) is 2.77. The second kappa shape index (κ2) is 7.10. The number of nitrogens with zero attached hydrogens (tertiary/aromatic N) is 1. The van der Waals surface area contributed by atoms with Gasteiger partial charge in [-0.05, 0) is 18.2 Å². The van der Waals surface area contributed by atoms with Crippen LogP contribution < -0.4 is 5.32 Å². The highest BCUT2D eigenvalue weighted by Crippen LogP contribution is 2.34. The summed E-state index contributed by atoms with van der Waals surface area (Å²) in [6.07, 6.45) is 0. The molecule has 0 aromatic heterocycles. The monoisotopic (exact) mass is 280 g/mol. The number of benzene rings is 1. The number of rotatable bonds is 5. The fourth-order valence-electron chi connectivity index (χ4n) is 1.84. The summed E-state index contributed by atoms with van der Waals surface area (Å²) in [4.78, 5) is 4.60. The highest BCUT2D eigenvalue weighted by Gasteiger charge is 2.21. The lowest BCUT2D eigenvalue weighted by Gasteiger charge is -2.14. The van der Waals surface area contributed by atoms with Crippen molar-refractivity contribution in [2.24, 2.45) is 4.99 Å². The van der Waals surface area contributed by atoms with E-state index in [4.69, 9.17) is 0 Å². The Kier molecular flexibility index (Phi) is 5.45. The minimum atomic E-state index is 0.486. The maximum absolute atomic E-state index is 4.60. The predicted octanol–water partition coefficient (Wildman–Crippen LogP) is 3.56. The molecule has 1 aliphatic heterocycles. The van der Waals surface area contributed by atoms with Gasteiger partial charge in [-0.2, -0.15) is 11.8 Å². The number of hydrogen-bond donors (Lipinski definition) is 1. The molecule has 0 radical (unpaired) electrons. The summed E-state index contributed by atoms with van der Waals surface area (Å²) < 4.78 is 0. The van der Waals surface area contributed by atoms with E-state index in [1.807, 2.05) is 23.5 Å². The van der Waals surface area contributed by atoms with Crippen LogP contribution in [-0.4, -0.2) is 29.3 Å². The zero-order valence-electron chi connectivity index (χ0n) is 10.9. The molecule has 18 heavy (non-hydrogen) atoms. The molecule has 2 nitrogen and oxygen atoms in total. The Morgan fingerprint density at radius 1 is 1.44 bits per heavy atom. The molecular formula is C14H20N2S2. The van der Waals surface area contributed by atoms with Gasteiger partial charge in [0.05, 0.1) is 11.8 Å². The zero-order valence-corrected chi connectivity index (χ0v) is 12.6. The number of nitrogens with one attached hydrogen (secondary N) is 1. The highest BCUT2D eigenvalue weighted by atomic mass is 32.2. The summed E-state index contributed by atoms with van der Waals surface area (Å²) in [5, 5.41) is 5.10. The van der Waals surface area contributed by atoms with Crippen LogP contribution in [0.25, 0.3) is 0 Å². The van der Waals surface area contributed by atoms with E-state index in [2.05, 4.69) is 54.5 Å². The molecule has 0 aliphatic carbocycles. The van der Waals surface area contributed by atoms with Crippen LogP contribution in [0.4, 0.5) is 0 Å². The topological polar surface area (TPSA) is 24.4 Å². The van der Waals surface area contributed by atoms with Crippen LogP contribution in [0.5, 0.6) is 0 Å². The Bertz CT molecular complexity index is 392. The van der Waals surface area contributed by atoms with Gasteiger partial charge in [-0.3, -0.25) is 4.99 Å². The molecule has 0 saturated carbocycles. The molecule has 0 spiro atoms. The molecule has 1 N–H and O–H groups in total. The molecule has 2 atom stereocenters. The normalized spacial score (nSPS) is 20.6. The largest absolute Gasteiger partial charge is 0.362 e. The molecule has 0 bridgehead atoms. The van der Waals surface area contributed by atoms with Crippen molar-refractivity contribution in [1.82, 2.24) is 5.32 Å². The van der Waals surface area contributed by atoms with Gasteiger partial charge in [0.2, 0.25) is 0 Å². The molecule has 1 aromatic rings. The Hall–Kier alpha value is -0.610. The van der Waals surface area contributed by atoms with Crippen molar-refractivity contribution in [2.75, 3.05) is 18.1 Å². The summed E-state index contributed by atoms with van der Waals surface area (Å²) in [5.74, 6) is 2.32. The van der Waals surface area contributed by atoms with E-state index >= 15 is 0 Å². The first-order valence-electron chi connectivity index (χ1n) is 6.40. The lowest BCUT2D eigenvalue weighted by Crippen LogP contribution is -2.31. The minimum absolute atomic E-state index is 0.486. The van der Waals surface area contributed by atoms with Crippen molar-refractivity contribution in [3.05, 3.63) is 35.9 Å². The van der Waals surface area contributed by atoms with Crippen LogP contribution in [0.15, 0.2) is 35.3 Å². The van der Waals surface area contributed by atoms with E-state index in [0.29, 0.717) is 11.3 Å². The lowest BCUT2D eigenvalue weighted by molar-refractivity contribution is 0.750. The molecule has 98 valence electrons. The highest BCUT2D eigenvalue weighted by molar-refractivity contribution is 8.14. The van der Waals surface area contributed by atoms with Gasteiger partial charge in [0.1, 0.15) is 0 Å². The van der Waals surface area contributed by atoms with E-state index in [9.17, 15) is 0 Å². The fraction of sp³-hybridized carbons (Fsp3) is 0.500. The van der Waals surface area contributed by atoms with E-state index in [0.717, 1.165) is 17.5 Å². The minimum Gasteiger partial charge on any atom is -0.362 e. The fourth-order valence-corrected chi connectivity index (χ4v) is 3.65. The van der Waals surface area contributed by atoms with Gasteiger partial charge in [-0.15, -0.1) is 0 Å². The molecule has 2 unspecified atom stereocenters. The van der Waals surface area contributed by atoms with E-state index in [1.54, 1.807) is 0 Å². The average Bonchev–Trinajstić information content (AvgIpc) is 2.86. The van der Waals surface area contributed by atoms with Crippen molar-refractivity contribution in [3.63, 3.8) is 0 Å². The number of hydrogen-bond acceptors (Lipinski definition) is 4. The smallest absolute Gasteiger partial charge is 0.157 e.